The van der Waals surface area contributed by atoms with Crippen LogP contribution in [0.1, 0.15) is 24.0 Å². The maximum Gasteiger partial charge on any atom is 0.349 e. The summed E-state index contributed by atoms with van der Waals surface area (Å²) >= 11 is 3.26. The highest BCUT2D eigenvalue weighted by Gasteiger charge is 2.19. The van der Waals surface area contributed by atoms with Crippen LogP contribution in [-0.2, 0) is 30.7 Å². The van der Waals surface area contributed by atoms with Gasteiger partial charge >= 0.3 is 6.03 Å². The summed E-state index contributed by atoms with van der Waals surface area (Å²) in [5.74, 6) is 0.558. The predicted octanol–water partition coefficient (Wildman–Crippen LogP) is 0.661. The summed E-state index contributed by atoms with van der Waals surface area (Å²) in [6.45, 7) is -1.10. The number of hydrogen-bond donors (Lipinski definition) is 4. The lowest BCUT2D eigenvalue weighted by atomic mass is 10.1. The Morgan fingerprint density at radius 3 is 2.19 bits per heavy atom. The normalized spacial score (nSPS) is 10.2. The Bertz CT molecular complexity index is 778. The second-order valence-corrected chi connectivity index (χ2v) is 8.40. The number of aldehydes is 1. The third-order valence-corrected chi connectivity index (χ3v) is 5.81. The molecule has 1 aromatic rings. The summed E-state index contributed by atoms with van der Waals surface area (Å²) in [4.78, 5) is 55.9. The van der Waals surface area contributed by atoms with Gasteiger partial charge in [0.15, 0.2) is 0 Å². The third kappa shape index (κ3) is 11.4. The molecule has 5 amide bonds. The van der Waals surface area contributed by atoms with E-state index in [9.17, 15) is 29.2 Å². The van der Waals surface area contributed by atoms with Gasteiger partial charge in [-0.1, -0.05) is 24.3 Å². The molecule has 0 saturated heterocycles. The SMILES string of the molecule is NC(=O)CNC(=O)N(O)C(=O)CNC(=O)CCSCc1ccccc1CSCCC=O. The average Bonchev–Trinajstić information content (AvgIpc) is 2.76. The molecule has 1 aromatic carbocycles. The summed E-state index contributed by atoms with van der Waals surface area (Å²) in [6.07, 6.45) is 1.60. The number of hydroxylamine groups is 2. The van der Waals surface area contributed by atoms with Crippen LogP contribution in [0.15, 0.2) is 24.3 Å². The molecular formula is C19H26N4O6S2. The molecule has 170 valence electrons. The van der Waals surface area contributed by atoms with Crippen LogP contribution in [0.4, 0.5) is 4.79 Å². The van der Waals surface area contributed by atoms with Gasteiger partial charge in [0, 0.05) is 35.9 Å². The minimum atomic E-state index is -1.21. The maximum atomic E-state index is 11.9. The molecule has 0 aliphatic rings. The highest BCUT2D eigenvalue weighted by molar-refractivity contribution is 7.98. The van der Waals surface area contributed by atoms with Gasteiger partial charge in [0.1, 0.15) is 6.29 Å². The topological polar surface area (TPSA) is 159 Å². The van der Waals surface area contributed by atoms with Gasteiger partial charge in [0.2, 0.25) is 11.8 Å². The van der Waals surface area contributed by atoms with E-state index in [2.05, 4.69) is 5.32 Å². The van der Waals surface area contributed by atoms with Crippen LogP contribution in [0, 0.1) is 0 Å². The number of amides is 5. The number of urea groups is 1. The van der Waals surface area contributed by atoms with Crippen molar-refractivity contribution in [3.05, 3.63) is 35.4 Å². The Morgan fingerprint density at radius 1 is 1.00 bits per heavy atom. The number of imide groups is 1. The van der Waals surface area contributed by atoms with E-state index in [0.717, 1.165) is 23.5 Å². The van der Waals surface area contributed by atoms with Gasteiger partial charge in [-0.25, -0.2) is 4.79 Å². The molecule has 0 aromatic heterocycles. The standard InChI is InChI=1S/C19H26N4O6S2/c20-16(25)10-22-19(28)23(29)18(27)11-21-17(26)6-9-31-13-15-5-2-1-4-14(15)12-30-8-3-7-24/h1-2,4-5,7,29H,3,6,8-13H2,(H2,20,25)(H,21,26)(H,22,28). The van der Waals surface area contributed by atoms with Crippen molar-refractivity contribution in [3.63, 3.8) is 0 Å². The number of nitrogens with one attached hydrogen (secondary N) is 2. The molecule has 10 nitrogen and oxygen atoms in total. The number of nitrogens with zero attached hydrogens (tertiary/aromatic N) is 1. The number of carbonyl (C=O) groups excluding carboxylic acids is 5. The molecule has 0 spiro atoms. The van der Waals surface area contributed by atoms with Crippen LogP contribution in [0.5, 0.6) is 0 Å². The molecule has 0 bridgehead atoms. The van der Waals surface area contributed by atoms with E-state index in [1.54, 1.807) is 23.5 Å². The zero-order valence-corrected chi connectivity index (χ0v) is 18.5. The second kappa shape index (κ2) is 15.3. The van der Waals surface area contributed by atoms with E-state index in [1.165, 1.54) is 11.1 Å². The summed E-state index contributed by atoms with van der Waals surface area (Å²) < 4.78 is 0. The molecule has 0 aliphatic carbocycles. The molecule has 0 unspecified atom stereocenters. The first-order valence-corrected chi connectivity index (χ1v) is 11.7. The van der Waals surface area contributed by atoms with Crippen LogP contribution in [0.25, 0.3) is 0 Å². The van der Waals surface area contributed by atoms with Crippen molar-refractivity contribution in [1.29, 1.82) is 0 Å². The van der Waals surface area contributed by atoms with Crippen molar-refractivity contribution in [2.24, 2.45) is 5.73 Å². The Morgan fingerprint density at radius 2 is 1.61 bits per heavy atom. The van der Waals surface area contributed by atoms with E-state index < -0.39 is 36.8 Å². The van der Waals surface area contributed by atoms with E-state index in [1.807, 2.05) is 29.6 Å². The smallest absolute Gasteiger partial charge is 0.349 e. The fourth-order valence-corrected chi connectivity index (χ4v) is 4.07. The first kappa shape index (κ1) is 26.5. The number of nitrogens with two attached hydrogens (primary N) is 1. The lowest BCUT2D eigenvalue weighted by Crippen LogP contribution is -2.47. The number of benzene rings is 1. The van der Waals surface area contributed by atoms with Crippen LogP contribution in [0.2, 0.25) is 0 Å². The molecule has 0 atom stereocenters. The molecule has 12 heteroatoms. The monoisotopic (exact) mass is 470 g/mol. The van der Waals surface area contributed by atoms with E-state index >= 15 is 0 Å². The van der Waals surface area contributed by atoms with Gasteiger partial charge in [-0.3, -0.25) is 19.6 Å². The molecule has 0 saturated carbocycles. The molecule has 0 aliphatic heterocycles. The molecule has 31 heavy (non-hydrogen) atoms. The fourth-order valence-electron chi connectivity index (χ4n) is 2.19. The number of hydrogen-bond acceptors (Lipinski definition) is 8. The molecular weight excluding hydrogens is 444 g/mol. The van der Waals surface area contributed by atoms with Crippen LogP contribution < -0.4 is 16.4 Å². The first-order chi connectivity index (χ1) is 14.8. The van der Waals surface area contributed by atoms with Gasteiger partial charge in [-0.05, 0) is 11.1 Å². The number of carbonyl (C=O) groups is 5. The Labute approximate surface area is 188 Å². The van der Waals surface area contributed by atoms with Crippen molar-refractivity contribution < 1.29 is 29.2 Å². The van der Waals surface area contributed by atoms with Crippen molar-refractivity contribution in [2.75, 3.05) is 24.6 Å². The number of primary amides is 1. The van der Waals surface area contributed by atoms with Crippen molar-refractivity contribution in [3.8, 4) is 0 Å². The Balaban J connectivity index is 2.29. The Hall–Kier alpha value is -2.57. The predicted molar refractivity (Wildman–Crippen MR) is 118 cm³/mol. The minimum absolute atomic E-state index is 0.160. The van der Waals surface area contributed by atoms with E-state index in [-0.39, 0.29) is 11.5 Å². The van der Waals surface area contributed by atoms with Crippen LogP contribution in [0.3, 0.4) is 0 Å². The minimum Gasteiger partial charge on any atom is -0.368 e. The van der Waals surface area contributed by atoms with E-state index in [0.29, 0.717) is 12.2 Å². The number of thioether (sulfide) groups is 2. The highest BCUT2D eigenvalue weighted by atomic mass is 32.2. The van der Waals surface area contributed by atoms with Gasteiger partial charge in [0.05, 0.1) is 13.1 Å². The lowest BCUT2D eigenvalue weighted by Gasteiger charge is -2.14. The van der Waals surface area contributed by atoms with Crippen molar-refractivity contribution in [1.82, 2.24) is 15.7 Å². The second-order valence-electron chi connectivity index (χ2n) is 6.19. The molecule has 0 radical (unpaired) electrons. The van der Waals surface area contributed by atoms with Gasteiger partial charge < -0.3 is 21.2 Å². The summed E-state index contributed by atoms with van der Waals surface area (Å²) in [6, 6.07) is 6.78. The first-order valence-electron chi connectivity index (χ1n) is 9.35. The lowest BCUT2D eigenvalue weighted by molar-refractivity contribution is -0.152. The molecule has 1 rings (SSSR count). The summed E-state index contributed by atoms with van der Waals surface area (Å²) in [7, 11) is 0. The summed E-state index contributed by atoms with van der Waals surface area (Å²) in [5.41, 5.74) is 7.20. The van der Waals surface area contributed by atoms with Crippen molar-refractivity contribution in [2.45, 2.75) is 24.3 Å². The molecule has 0 fully saturated rings. The van der Waals surface area contributed by atoms with Crippen LogP contribution >= 0.6 is 23.5 Å². The quantitative estimate of drug-likeness (QED) is 0.134. The fraction of sp³-hybridized carbons (Fsp3) is 0.421. The van der Waals surface area contributed by atoms with E-state index in [4.69, 9.17) is 5.73 Å². The summed E-state index contributed by atoms with van der Waals surface area (Å²) in [5, 5.41) is 13.5. The van der Waals surface area contributed by atoms with Gasteiger partial charge in [-0.2, -0.15) is 23.5 Å². The van der Waals surface area contributed by atoms with Gasteiger partial charge in [-0.15, -0.1) is 5.06 Å². The van der Waals surface area contributed by atoms with Gasteiger partial charge in [0.25, 0.3) is 5.91 Å². The zero-order valence-electron chi connectivity index (χ0n) is 16.9. The maximum absolute atomic E-state index is 11.9. The average molecular weight is 471 g/mol. The van der Waals surface area contributed by atoms with Crippen molar-refractivity contribution >= 4 is 53.6 Å². The highest BCUT2D eigenvalue weighted by Crippen LogP contribution is 2.21. The largest absolute Gasteiger partial charge is 0.368 e. The molecule has 5 N–H and O–H groups in total. The third-order valence-electron chi connectivity index (χ3n) is 3.77. The Kier molecular flexibility index (Phi) is 13.0. The number of rotatable bonds is 14. The zero-order chi connectivity index (χ0) is 23.1. The van der Waals surface area contributed by atoms with Crippen LogP contribution in [-0.4, -0.2) is 64.9 Å². The molecule has 0 heterocycles.